The first-order valence-electron chi connectivity index (χ1n) is 5.95. The van der Waals surface area contributed by atoms with Gasteiger partial charge < -0.3 is 4.74 Å². The summed E-state index contributed by atoms with van der Waals surface area (Å²) in [5.41, 5.74) is 0.526. The van der Waals surface area contributed by atoms with Gasteiger partial charge in [-0.3, -0.25) is 4.90 Å². The molecular weight excluding hydrogens is 304 g/mol. The quantitative estimate of drug-likeness (QED) is 0.794. The van der Waals surface area contributed by atoms with Gasteiger partial charge in [0.2, 0.25) is 0 Å². The molecule has 0 radical (unpaired) electrons. The van der Waals surface area contributed by atoms with Crippen LogP contribution in [0.15, 0.2) is 18.2 Å². The summed E-state index contributed by atoms with van der Waals surface area (Å²) in [6.45, 7) is 3.92. The van der Waals surface area contributed by atoms with Crippen molar-refractivity contribution in [3.63, 3.8) is 0 Å². The highest BCUT2D eigenvalue weighted by molar-refractivity contribution is 9.09. The van der Waals surface area contributed by atoms with Crippen LogP contribution in [0.3, 0.4) is 0 Å². The summed E-state index contributed by atoms with van der Waals surface area (Å²) >= 11 is 3.39. The van der Waals surface area contributed by atoms with Crippen LogP contribution in [0.4, 0.5) is 8.78 Å². The molecule has 0 amide bonds. The third kappa shape index (κ3) is 3.28. The molecule has 2 nitrogen and oxygen atoms in total. The van der Waals surface area contributed by atoms with Gasteiger partial charge in [-0.05, 0) is 13.0 Å². The Morgan fingerprint density at radius 3 is 2.89 bits per heavy atom. The molecule has 2 atom stereocenters. The van der Waals surface area contributed by atoms with E-state index in [9.17, 15) is 8.78 Å². The molecule has 18 heavy (non-hydrogen) atoms. The fourth-order valence-electron chi connectivity index (χ4n) is 2.06. The lowest BCUT2D eigenvalue weighted by Gasteiger charge is -2.37. The summed E-state index contributed by atoms with van der Waals surface area (Å²) in [6.07, 6.45) is 0.129. The van der Waals surface area contributed by atoms with Crippen LogP contribution in [0.25, 0.3) is 0 Å². The number of hydrogen-bond acceptors (Lipinski definition) is 2. The van der Waals surface area contributed by atoms with Gasteiger partial charge >= 0.3 is 0 Å². The van der Waals surface area contributed by atoms with Crippen LogP contribution in [0, 0.1) is 11.6 Å². The van der Waals surface area contributed by atoms with Crippen LogP contribution in [0.5, 0.6) is 0 Å². The monoisotopic (exact) mass is 319 g/mol. The largest absolute Gasteiger partial charge is 0.374 e. The Labute approximate surface area is 114 Å². The molecule has 0 aromatic heterocycles. The number of halogens is 3. The Hall–Kier alpha value is -0.520. The third-order valence-corrected chi connectivity index (χ3v) is 3.92. The van der Waals surface area contributed by atoms with Crippen molar-refractivity contribution in [3.05, 3.63) is 35.4 Å². The molecule has 0 spiro atoms. The number of alkyl halides is 1. The van der Waals surface area contributed by atoms with Gasteiger partial charge in [-0.1, -0.05) is 22.0 Å². The Bertz CT molecular complexity index is 416. The summed E-state index contributed by atoms with van der Waals surface area (Å²) in [6, 6.07) is 3.98. The fourth-order valence-corrected chi connectivity index (χ4v) is 2.45. The van der Waals surface area contributed by atoms with Gasteiger partial charge in [-0.25, -0.2) is 8.78 Å². The van der Waals surface area contributed by atoms with E-state index in [0.29, 0.717) is 18.7 Å². The van der Waals surface area contributed by atoms with Gasteiger partial charge in [-0.2, -0.15) is 0 Å². The van der Waals surface area contributed by atoms with Crippen molar-refractivity contribution in [2.75, 3.05) is 18.5 Å². The van der Waals surface area contributed by atoms with E-state index in [1.165, 1.54) is 12.1 Å². The molecule has 1 aromatic carbocycles. The van der Waals surface area contributed by atoms with Crippen LogP contribution in [-0.2, 0) is 11.3 Å². The van der Waals surface area contributed by atoms with E-state index in [0.717, 1.165) is 17.9 Å². The zero-order valence-electron chi connectivity index (χ0n) is 10.2. The van der Waals surface area contributed by atoms with Crippen LogP contribution in [0.2, 0.25) is 0 Å². The Morgan fingerprint density at radius 2 is 2.22 bits per heavy atom. The predicted molar refractivity (Wildman–Crippen MR) is 69.8 cm³/mol. The summed E-state index contributed by atoms with van der Waals surface area (Å²) in [7, 11) is 0. The van der Waals surface area contributed by atoms with Crippen molar-refractivity contribution in [3.8, 4) is 0 Å². The van der Waals surface area contributed by atoms with E-state index in [2.05, 4.69) is 20.8 Å². The number of nitrogens with zero attached hydrogens (tertiary/aromatic N) is 1. The van der Waals surface area contributed by atoms with Crippen molar-refractivity contribution in [1.82, 2.24) is 4.90 Å². The minimum Gasteiger partial charge on any atom is -0.374 e. The third-order valence-electron chi connectivity index (χ3n) is 3.20. The first kappa shape index (κ1) is 13.9. The lowest BCUT2D eigenvalue weighted by Crippen LogP contribution is -2.48. The molecule has 1 heterocycles. The molecule has 1 aliphatic heterocycles. The van der Waals surface area contributed by atoms with Crippen LogP contribution in [-0.4, -0.2) is 35.5 Å². The molecule has 5 heteroatoms. The van der Waals surface area contributed by atoms with E-state index >= 15 is 0 Å². The average molecular weight is 320 g/mol. The van der Waals surface area contributed by atoms with E-state index < -0.39 is 11.6 Å². The molecule has 100 valence electrons. The van der Waals surface area contributed by atoms with Gasteiger partial charge in [0, 0.05) is 36.1 Å². The molecule has 1 fully saturated rings. The lowest BCUT2D eigenvalue weighted by atomic mass is 10.1. The van der Waals surface area contributed by atoms with E-state index in [-0.39, 0.29) is 12.1 Å². The second-order valence-corrected chi connectivity index (χ2v) is 5.27. The number of ether oxygens (including phenoxy) is 1. The molecule has 1 aliphatic rings. The second-order valence-electron chi connectivity index (χ2n) is 4.62. The molecule has 2 unspecified atom stereocenters. The van der Waals surface area contributed by atoms with Crippen LogP contribution >= 0.6 is 15.9 Å². The smallest absolute Gasteiger partial charge is 0.130 e. The van der Waals surface area contributed by atoms with Crippen LogP contribution in [0.1, 0.15) is 12.5 Å². The first-order valence-corrected chi connectivity index (χ1v) is 7.08. The van der Waals surface area contributed by atoms with Crippen LogP contribution < -0.4 is 0 Å². The molecule has 1 saturated heterocycles. The molecule has 2 rings (SSSR count). The number of hydrogen-bond donors (Lipinski definition) is 0. The summed E-state index contributed by atoms with van der Waals surface area (Å²) in [4.78, 5) is 2.16. The fraction of sp³-hybridized carbons (Fsp3) is 0.538. The molecule has 0 bridgehead atoms. The van der Waals surface area contributed by atoms with E-state index in [1.54, 1.807) is 0 Å². The number of rotatable bonds is 3. The zero-order chi connectivity index (χ0) is 13.1. The zero-order valence-corrected chi connectivity index (χ0v) is 11.8. The maximum atomic E-state index is 13.6. The van der Waals surface area contributed by atoms with E-state index in [1.807, 2.05) is 6.92 Å². The van der Waals surface area contributed by atoms with Gasteiger partial charge in [0.15, 0.2) is 0 Å². The Morgan fingerprint density at radius 1 is 1.44 bits per heavy atom. The maximum Gasteiger partial charge on any atom is 0.130 e. The predicted octanol–water partition coefficient (Wildman–Crippen LogP) is 2.95. The SMILES string of the molecule is CC1COC(CBr)CN1Cc1ccc(F)cc1F. The summed E-state index contributed by atoms with van der Waals surface area (Å²) < 4.78 is 32.1. The second kappa shape index (κ2) is 6.08. The standard InChI is InChI=1S/C13H16BrF2NO/c1-9-8-18-12(5-14)7-17(9)6-10-2-3-11(15)4-13(10)16/h2-4,9,12H,5-8H2,1H3. The minimum atomic E-state index is -0.537. The minimum absolute atomic E-state index is 0.129. The summed E-state index contributed by atoms with van der Waals surface area (Å²) in [5, 5.41) is 0.766. The van der Waals surface area contributed by atoms with Crippen molar-refractivity contribution in [2.24, 2.45) is 0 Å². The van der Waals surface area contributed by atoms with E-state index in [4.69, 9.17) is 4.74 Å². The molecular formula is C13H16BrF2NO. The van der Waals surface area contributed by atoms with Crippen molar-refractivity contribution in [1.29, 1.82) is 0 Å². The highest BCUT2D eigenvalue weighted by Gasteiger charge is 2.25. The molecule has 1 aromatic rings. The molecule has 0 N–H and O–H groups in total. The van der Waals surface area contributed by atoms with Crippen molar-refractivity contribution < 1.29 is 13.5 Å². The Kier molecular flexibility index (Phi) is 4.70. The summed E-state index contributed by atoms with van der Waals surface area (Å²) in [5.74, 6) is -1.02. The Balaban J connectivity index is 2.07. The number of morpholine rings is 1. The number of benzene rings is 1. The van der Waals surface area contributed by atoms with Gasteiger partial charge in [0.25, 0.3) is 0 Å². The van der Waals surface area contributed by atoms with Gasteiger partial charge in [0.1, 0.15) is 11.6 Å². The van der Waals surface area contributed by atoms with Gasteiger partial charge in [-0.15, -0.1) is 0 Å². The topological polar surface area (TPSA) is 12.5 Å². The van der Waals surface area contributed by atoms with Crippen molar-refractivity contribution in [2.45, 2.75) is 25.6 Å². The molecule has 0 saturated carbocycles. The first-order chi connectivity index (χ1) is 8.60. The highest BCUT2D eigenvalue weighted by atomic mass is 79.9. The highest BCUT2D eigenvalue weighted by Crippen LogP contribution is 2.18. The normalized spacial score (nSPS) is 25.3. The van der Waals surface area contributed by atoms with Gasteiger partial charge in [0.05, 0.1) is 12.7 Å². The maximum absolute atomic E-state index is 13.6. The van der Waals surface area contributed by atoms with Crippen molar-refractivity contribution >= 4 is 15.9 Å². The average Bonchev–Trinajstić information content (AvgIpc) is 2.35. The lowest BCUT2D eigenvalue weighted by molar-refractivity contribution is -0.0503. The molecule has 0 aliphatic carbocycles.